The van der Waals surface area contributed by atoms with E-state index in [-0.39, 0.29) is 22.7 Å². The molecule has 32 heavy (non-hydrogen) atoms. The van der Waals surface area contributed by atoms with E-state index >= 15 is 0 Å². The molecule has 0 saturated carbocycles. The lowest BCUT2D eigenvalue weighted by molar-refractivity contribution is -0.123. The Morgan fingerprint density at radius 3 is 2.53 bits per heavy atom. The molecular weight excluding hydrogens is 447 g/mol. The van der Waals surface area contributed by atoms with Crippen molar-refractivity contribution in [3.8, 4) is 5.69 Å². The summed E-state index contributed by atoms with van der Waals surface area (Å²) >= 11 is 6.98. The molecule has 1 fully saturated rings. The number of carbonyl (C=O) groups excluding carboxylic acids is 2. The average molecular weight is 469 g/mol. The molecule has 0 radical (unpaired) electrons. The number of halogens is 2. The summed E-state index contributed by atoms with van der Waals surface area (Å²) in [6.07, 6.45) is 1.77. The van der Waals surface area contributed by atoms with Gasteiger partial charge in [0.05, 0.1) is 11.4 Å². The lowest BCUT2D eigenvalue weighted by Gasteiger charge is -2.14. The Labute approximate surface area is 195 Å². The second kappa shape index (κ2) is 8.60. The van der Waals surface area contributed by atoms with Crippen LogP contribution < -0.4 is 0 Å². The number of benzene rings is 2. The molecular formula is C25H22ClFN2O2S. The summed E-state index contributed by atoms with van der Waals surface area (Å²) in [4.78, 5) is 27.0. The quantitative estimate of drug-likeness (QED) is 0.398. The number of hydrogen-bond acceptors (Lipinski definition) is 3. The van der Waals surface area contributed by atoms with Gasteiger partial charge >= 0.3 is 0 Å². The predicted molar refractivity (Wildman–Crippen MR) is 128 cm³/mol. The predicted octanol–water partition coefficient (Wildman–Crippen LogP) is 6.74. The Kier molecular flexibility index (Phi) is 6.01. The van der Waals surface area contributed by atoms with Crippen LogP contribution in [0.3, 0.4) is 0 Å². The molecule has 4 nitrogen and oxygen atoms in total. The number of nitrogens with zero attached hydrogens (tertiary/aromatic N) is 2. The van der Waals surface area contributed by atoms with Crippen LogP contribution in [0.5, 0.6) is 0 Å². The molecule has 0 aliphatic carbocycles. The number of carbonyl (C=O) groups is 2. The van der Waals surface area contributed by atoms with E-state index in [4.69, 9.17) is 11.6 Å². The summed E-state index contributed by atoms with van der Waals surface area (Å²) in [6.45, 7) is 8.20. The van der Waals surface area contributed by atoms with Gasteiger partial charge in [0, 0.05) is 22.1 Å². The standard InChI is InChI=1S/C25H22ClFN2O2S/c1-14-6-5-7-22(16(14)3)29-15(2)10-19(17(29)4)11-23-24(30)28(25(31)32-23)13-18-8-9-20(27)12-21(18)26/h5-12H,13H2,1-4H3/b23-11-. The van der Waals surface area contributed by atoms with Gasteiger partial charge in [-0.15, -0.1) is 0 Å². The van der Waals surface area contributed by atoms with E-state index in [9.17, 15) is 14.0 Å². The third kappa shape index (κ3) is 4.00. The summed E-state index contributed by atoms with van der Waals surface area (Å²) in [5.41, 5.74) is 6.93. The van der Waals surface area contributed by atoms with E-state index in [2.05, 4.69) is 30.5 Å². The highest BCUT2D eigenvalue weighted by Crippen LogP contribution is 2.35. The lowest BCUT2D eigenvalue weighted by atomic mass is 10.1. The highest BCUT2D eigenvalue weighted by atomic mass is 35.5. The molecule has 1 saturated heterocycles. The number of hydrogen-bond donors (Lipinski definition) is 0. The molecule has 1 aliphatic rings. The van der Waals surface area contributed by atoms with Gasteiger partial charge in [-0.3, -0.25) is 14.5 Å². The number of thioether (sulfide) groups is 1. The van der Waals surface area contributed by atoms with Gasteiger partial charge in [-0.05, 0) is 92.1 Å². The molecule has 0 unspecified atom stereocenters. The monoisotopic (exact) mass is 468 g/mol. The summed E-state index contributed by atoms with van der Waals surface area (Å²) in [5, 5.41) is -0.185. The fraction of sp³-hybridized carbons (Fsp3) is 0.200. The third-order valence-electron chi connectivity index (χ3n) is 5.79. The van der Waals surface area contributed by atoms with Crippen LogP contribution in [0.15, 0.2) is 47.4 Å². The van der Waals surface area contributed by atoms with Gasteiger partial charge in [-0.1, -0.05) is 29.8 Å². The summed E-state index contributed by atoms with van der Waals surface area (Å²) in [7, 11) is 0. The van der Waals surface area contributed by atoms with E-state index in [0.717, 1.165) is 39.3 Å². The molecule has 0 spiro atoms. The Hall–Kier alpha value is -2.83. The van der Waals surface area contributed by atoms with Gasteiger partial charge in [0.1, 0.15) is 5.82 Å². The van der Waals surface area contributed by atoms with Crippen molar-refractivity contribution in [2.24, 2.45) is 0 Å². The fourth-order valence-corrected chi connectivity index (χ4v) is 4.94. The molecule has 1 aromatic heterocycles. The molecule has 0 atom stereocenters. The zero-order valence-corrected chi connectivity index (χ0v) is 19.8. The maximum Gasteiger partial charge on any atom is 0.293 e. The minimum Gasteiger partial charge on any atom is -0.318 e. The number of rotatable bonds is 4. The molecule has 0 bridgehead atoms. The van der Waals surface area contributed by atoms with Crippen LogP contribution in [0.1, 0.15) is 33.6 Å². The van der Waals surface area contributed by atoms with Crippen LogP contribution in [0, 0.1) is 33.5 Å². The summed E-state index contributed by atoms with van der Waals surface area (Å²) < 4.78 is 15.5. The average Bonchev–Trinajstić information content (AvgIpc) is 3.15. The largest absolute Gasteiger partial charge is 0.318 e. The van der Waals surface area contributed by atoms with E-state index in [1.165, 1.54) is 29.3 Å². The molecule has 1 aliphatic heterocycles. The van der Waals surface area contributed by atoms with E-state index in [0.29, 0.717) is 10.5 Å². The van der Waals surface area contributed by atoms with Crippen molar-refractivity contribution in [1.29, 1.82) is 0 Å². The Bertz CT molecular complexity index is 1300. The van der Waals surface area contributed by atoms with Crippen molar-refractivity contribution in [2.45, 2.75) is 34.2 Å². The summed E-state index contributed by atoms with van der Waals surface area (Å²) in [5.74, 6) is -0.844. The first kappa shape index (κ1) is 22.4. The second-order valence-corrected chi connectivity index (χ2v) is 9.28. The van der Waals surface area contributed by atoms with Gasteiger partial charge in [-0.2, -0.15) is 0 Å². The second-order valence-electron chi connectivity index (χ2n) is 7.88. The molecule has 0 N–H and O–H groups in total. The van der Waals surface area contributed by atoms with Crippen molar-refractivity contribution < 1.29 is 14.0 Å². The van der Waals surface area contributed by atoms with Gasteiger partial charge in [0.2, 0.25) is 0 Å². The minimum atomic E-state index is -0.466. The van der Waals surface area contributed by atoms with E-state index in [1.807, 2.05) is 26.0 Å². The van der Waals surface area contributed by atoms with Crippen LogP contribution >= 0.6 is 23.4 Å². The highest BCUT2D eigenvalue weighted by molar-refractivity contribution is 8.18. The maximum atomic E-state index is 13.3. The molecule has 4 rings (SSSR count). The number of aromatic nitrogens is 1. The molecule has 3 aromatic rings. The minimum absolute atomic E-state index is 0.00261. The highest BCUT2D eigenvalue weighted by Gasteiger charge is 2.35. The number of imide groups is 1. The van der Waals surface area contributed by atoms with Crippen molar-refractivity contribution in [3.63, 3.8) is 0 Å². The SMILES string of the molecule is Cc1cccc(-n2c(C)cc(/C=C3\SC(=O)N(Cc4ccc(F)cc4Cl)C3=O)c2C)c1C. The van der Waals surface area contributed by atoms with Crippen molar-refractivity contribution in [1.82, 2.24) is 9.47 Å². The zero-order chi connectivity index (χ0) is 23.2. The van der Waals surface area contributed by atoms with Crippen LogP contribution in [0.4, 0.5) is 9.18 Å². The molecule has 164 valence electrons. The Morgan fingerprint density at radius 1 is 1.06 bits per heavy atom. The van der Waals surface area contributed by atoms with Crippen molar-refractivity contribution in [2.75, 3.05) is 0 Å². The van der Waals surface area contributed by atoms with Crippen LogP contribution in [-0.2, 0) is 11.3 Å². The molecule has 2 amide bonds. The number of amides is 2. The van der Waals surface area contributed by atoms with Gasteiger partial charge in [0.15, 0.2) is 0 Å². The maximum absolute atomic E-state index is 13.3. The van der Waals surface area contributed by atoms with Gasteiger partial charge < -0.3 is 4.57 Å². The third-order valence-corrected chi connectivity index (χ3v) is 7.05. The van der Waals surface area contributed by atoms with Crippen molar-refractivity contribution in [3.05, 3.63) is 91.9 Å². The summed E-state index contributed by atoms with van der Waals surface area (Å²) in [6, 6.07) is 12.1. The normalized spacial score (nSPS) is 15.3. The van der Waals surface area contributed by atoms with E-state index < -0.39 is 5.82 Å². The first-order valence-electron chi connectivity index (χ1n) is 10.1. The fourth-order valence-electron chi connectivity index (χ4n) is 3.88. The first-order valence-corrected chi connectivity index (χ1v) is 11.3. The lowest BCUT2D eigenvalue weighted by Crippen LogP contribution is -2.27. The van der Waals surface area contributed by atoms with Crippen LogP contribution in [0.2, 0.25) is 5.02 Å². The topological polar surface area (TPSA) is 42.3 Å². The first-order chi connectivity index (χ1) is 15.2. The van der Waals surface area contributed by atoms with Crippen LogP contribution in [0.25, 0.3) is 11.8 Å². The smallest absolute Gasteiger partial charge is 0.293 e. The van der Waals surface area contributed by atoms with Gasteiger partial charge in [0.25, 0.3) is 11.1 Å². The molecule has 2 heterocycles. The van der Waals surface area contributed by atoms with Gasteiger partial charge in [-0.25, -0.2) is 4.39 Å². The van der Waals surface area contributed by atoms with Crippen molar-refractivity contribution >= 4 is 40.6 Å². The zero-order valence-electron chi connectivity index (χ0n) is 18.2. The number of aryl methyl sites for hydroxylation is 2. The molecule has 7 heteroatoms. The molecule has 2 aromatic carbocycles. The Morgan fingerprint density at radius 2 is 1.81 bits per heavy atom. The van der Waals surface area contributed by atoms with Crippen LogP contribution in [-0.4, -0.2) is 20.6 Å². The Balaban J connectivity index is 1.66. The van der Waals surface area contributed by atoms with E-state index in [1.54, 1.807) is 6.08 Å².